The molecule has 0 unspecified atom stereocenters. The van der Waals surface area contributed by atoms with Crippen molar-refractivity contribution in [1.82, 2.24) is 14.5 Å². The number of fused-ring (bicyclic) bond motifs is 1. The maximum Gasteiger partial charge on any atom is 0.262 e. The van der Waals surface area contributed by atoms with Crippen LogP contribution < -0.4 is 5.56 Å². The number of nitrogens with zero attached hydrogens (tertiary/aromatic N) is 3. The van der Waals surface area contributed by atoms with Gasteiger partial charge in [0.15, 0.2) is 5.16 Å². The van der Waals surface area contributed by atoms with E-state index in [1.807, 2.05) is 18.2 Å². The van der Waals surface area contributed by atoms with E-state index in [0.717, 1.165) is 22.7 Å². The van der Waals surface area contributed by atoms with E-state index in [1.165, 1.54) is 17.3 Å². The van der Waals surface area contributed by atoms with E-state index in [0.29, 0.717) is 34.8 Å². The van der Waals surface area contributed by atoms with Gasteiger partial charge in [0.2, 0.25) is 0 Å². The third-order valence-corrected chi connectivity index (χ3v) is 6.83. The third-order valence-electron chi connectivity index (χ3n) is 4.88. The minimum Gasteiger partial charge on any atom is -0.396 e. The van der Waals surface area contributed by atoms with Gasteiger partial charge in [-0.05, 0) is 30.5 Å². The molecule has 1 N–H and O–H groups in total. The van der Waals surface area contributed by atoms with Crippen molar-refractivity contribution in [2.45, 2.75) is 37.2 Å². The van der Waals surface area contributed by atoms with Crippen LogP contribution in [0.2, 0.25) is 0 Å². The van der Waals surface area contributed by atoms with Crippen LogP contribution in [0.5, 0.6) is 0 Å². The molecule has 4 aromatic rings. The molecule has 7 heteroatoms. The molecule has 0 amide bonds. The quantitative estimate of drug-likeness (QED) is 0.318. The van der Waals surface area contributed by atoms with Crippen LogP contribution in [-0.4, -0.2) is 26.2 Å². The normalized spacial score (nSPS) is 11.3. The van der Waals surface area contributed by atoms with Crippen molar-refractivity contribution in [3.8, 4) is 10.6 Å². The van der Waals surface area contributed by atoms with Gasteiger partial charge in [-0.2, -0.15) is 0 Å². The summed E-state index contributed by atoms with van der Waals surface area (Å²) >= 11 is 3.14. The zero-order chi connectivity index (χ0) is 20.9. The zero-order valence-electron chi connectivity index (χ0n) is 16.7. The Morgan fingerprint density at radius 2 is 1.90 bits per heavy atom. The monoisotopic (exact) mass is 437 g/mol. The molecule has 2 aromatic carbocycles. The SMILES string of the molecule is CCc1ccc(-c2nc(CSc3nc4ccccc4c(=O)n3CCCO)cs2)cc1. The van der Waals surface area contributed by atoms with Crippen LogP contribution in [-0.2, 0) is 18.7 Å². The number of para-hydroxylation sites is 1. The molecule has 0 bridgehead atoms. The topological polar surface area (TPSA) is 68.0 Å². The molecule has 0 aliphatic carbocycles. The van der Waals surface area contributed by atoms with Crippen LogP contribution in [0.15, 0.2) is 63.9 Å². The van der Waals surface area contributed by atoms with Crippen LogP contribution in [0.1, 0.15) is 24.6 Å². The Morgan fingerprint density at radius 3 is 2.67 bits per heavy atom. The number of thioether (sulfide) groups is 1. The van der Waals surface area contributed by atoms with E-state index in [9.17, 15) is 9.90 Å². The fourth-order valence-electron chi connectivity index (χ4n) is 3.21. The number of aliphatic hydroxyl groups is 1. The van der Waals surface area contributed by atoms with Crippen molar-refractivity contribution < 1.29 is 5.11 Å². The van der Waals surface area contributed by atoms with Crippen LogP contribution in [0.4, 0.5) is 0 Å². The Balaban J connectivity index is 1.57. The number of hydrogen-bond donors (Lipinski definition) is 1. The van der Waals surface area contributed by atoms with Gasteiger partial charge in [0.1, 0.15) is 5.01 Å². The Morgan fingerprint density at radius 1 is 1.10 bits per heavy atom. The van der Waals surface area contributed by atoms with Crippen molar-refractivity contribution in [2.75, 3.05) is 6.61 Å². The Labute approximate surface area is 183 Å². The molecule has 30 heavy (non-hydrogen) atoms. The second-order valence-electron chi connectivity index (χ2n) is 6.93. The largest absolute Gasteiger partial charge is 0.396 e. The highest BCUT2D eigenvalue weighted by molar-refractivity contribution is 7.98. The first-order valence-corrected chi connectivity index (χ1v) is 11.8. The molecule has 5 nitrogen and oxygen atoms in total. The van der Waals surface area contributed by atoms with E-state index in [1.54, 1.807) is 22.0 Å². The molecule has 0 aliphatic rings. The Hall–Kier alpha value is -2.48. The summed E-state index contributed by atoms with van der Waals surface area (Å²) in [6, 6.07) is 15.9. The summed E-state index contributed by atoms with van der Waals surface area (Å²) < 4.78 is 1.67. The first kappa shape index (κ1) is 20.8. The third kappa shape index (κ3) is 4.48. The molecule has 2 aromatic heterocycles. The lowest BCUT2D eigenvalue weighted by atomic mass is 10.1. The number of aliphatic hydroxyl groups excluding tert-OH is 1. The highest BCUT2D eigenvalue weighted by Gasteiger charge is 2.13. The van der Waals surface area contributed by atoms with Gasteiger partial charge in [-0.1, -0.05) is 55.1 Å². The number of hydrogen-bond acceptors (Lipinski definition) is 6. The van der Waals surface area contributed by atoms with Crippen molar-refractivity contribution in [2.24, 2.45) is 0 Å². The van der Waals surface area contributed by atoms with Crippen molar-refractivity contribution >= 4 is 34.0 Å². The smallest absolute Gasteiger partial charge is 0.262 e. The second-order valence-corrected chi connectivity index (χ2v) is 8.73. The maximum atomic E-state index is 12.9. The summed E-state index contributed by atoms with van der Waals surface area (Å²) in [5.74, 6) is 0.632. The van der Waals surface area contributed by atoms with Crippen molar-refractivity contribution in [3.63, 3.8) is 0 Å². The van der Waals surface area contributed by atoms with Gasteiger partial charge >= 0.3 is 0 Å². The average molecular weight is 438 g/mol. The molecule has 0 fully saturated rings. The summed E-state index contributed by atoms with van der Waals surface area (Å²) in [6.07, 6.45) is 1.54. The molecule has 4 rings (SSSR count). The molecule has 0 spiro atoms. The van der Waals surface area contributed by atoms with E-state index in [-0.39, 0.29) is 12.2 Å². The molecule has 0 saturated heterocycles. The maximum absolute atomic E-state index is 12.9. The lowest BCUT2D eigenvalue weighted by molar-refractivity contribution is 0.276. The molecule has 2 heterocycles. The lowest BCUT2D eigenvalue weighted by Gasteiger charge is -2.12. The average Bonchev–Trinajstić information content (AvgIpc) is 3.26. The summed E-state index contributed by atoms with van der Waals surface area (Å²) in [6.45, 7) is 2.63. The highest BCUT2D eigenvalue weighted by Crippen LogP contribution is 2.28. The van der Waals surface area contributed by atoms with Gasteiger partial charge in [0, 0.05) is 29.8 Å². The van der Waals surface area contributed by atoms with Gasteiger partial charge < -0.3 is 5.11 Å². The van der Waals surface area contributed by atoms with Gasteiger partial charge in [0.25, 0.3) is 5.56 Å². The van der Waals surface area contributed by atoms with Crippen molar-refractivity contribution in [3.05, 3.63) is 75.5 Å². The standard InChI is InChI=1S/C23H23N3O2S2/c1-2-16-8-10-17(11-9-16)21-24-18(14-29-21)15-30-23-25-20-7-4-3-6-19(20)22(28)26(23)12-5-13-27/h3-4,6-11,14,27H,2,5,12-13,15H2,1H3. The number of rotatable bonds is 8. The molecule has 154 valence electrons. The number of thiazole rings is 1. The molecule has 0 atom stereocenters. The molecule has 0 aliphatic heterocycles. The zero-order valence-corrected chi connectivity index (χ0v) is 18.4. The molecule has 0 saturated carbocycles. The second kappa shape index (κ2) is 9.55. The van der Waals surface area contributed by atoms with Crippen LogP contribution >= 0.6 is 23.1 Å². The predicted molar refractivity (Wildman–Crippen MR) is 124 cm³/mol. The Kier molecular flexibility index (Phi) is 6.62. The minimum absolute atomic E-state index is 0.0373. The van der Waals surface area contributed by atoms with E-state index >= 15 is 0 Å². The fourth-order valence-corrected chi connectivity index (χ4v) is 5.06. The van der Waals surface area contributed by atoms with Gasteiger partial charge in [0.05, 0.1) is 16.6 Å². The van der Waals surface area contributed by atoms with E-state index in [4.69, 9.17) is 9.97 Å². The fraction of sp³-hybridized carbons (Fsp3) is 0.261. The molecule has 0 radical (unpaired) electrons. The van der Waals surface area contributed by atoms with Gasteiger partial charge in [-0.3, -0.25) is 9.36 Å². The van der Waals surface area contributed by atoms with Crippen LogP contribution in [0.25, 0.3) is 21.5 Å². The van der Waals surface area contributed by atoms with Gasteiger partial charge in [-0.15, -0.1) is 11.3 Å². The summed E-state index contributed by atoms with van der Waals surface area (Å²) in [5.41, 5.74) is 4.04. The molecular formula is C23H23N3O2S2. The minimum atomic E-state index is -0.0634. The highest BCUT2D eigenvalue weighted by atomic mass is 32.2. The summed E-state index contributed by atoms with van der Waals surface area (Å²) in [4.78, 5) is 22.4. The number of benzene rings is 2. The van der Waals surface area contributed by atoms with Gasteiger partial charge in [-0.25, -0.2) is 9.97 Å². The van der Waals surface area contributed by atoms with E-state index in [2.05, 4.69) is 36.6 Å². The van der Waals surface area contributed by atoms with Crippen LogP contribution in [0.3, 0.4) is 0 Å². The molecular weight excluding hydrogens is 414 g/mol. The summed E-state index contributed by atoms with van der Waals surface area (Å²) in [7, 11) is 0. The first-order valence-electron chi connectivity index (χ1n) is 9.96. The first-order chi connectivity index (χ1) is 14.7. The van der Waals surface area contributed by atoms with Crippen LogP contribution in [0, 0.1) is 0 Å². The number of aromatic nitrogens is 3. The van der Waals surface area contributed by atoms with E-state index < -0.39 is 0 Å². The predicted octanol–water partition coefficient (Wildman–Crippen LogP) is 4.76. The Bertz CT molecular complexity index is 1200. The number of aryl methyl sites for hydroxylation is 1. The lowest BCUT2D eigenvalue weighted by Crippen LogP contribution is -2.24. The summed E-state index contributed by atoms with van der Waals surface area (Å²) in [5, 5.41) is 13.5. The van der Waals surface area contributed by atoms with Crippen molar-refractivity contribution in [1.29, 1.82) is 0 Å².